The lowest BCUT2D eigenvalue weighted by Crippen LogP contribution is -2.00. The van der Waals surface area contributed by atoms with Crippen LogP contribution in [0.25, 0.3) is 0 Å². The summed E-state index contributed by atoms with van der Waals surface area (Å²) < 4.78 is 6.03. The fourth-order valence-electron chi connectivity index (χ4n) is 1.07. The van der Waals surface area contributed by atoms with Gasteiger partial charge in [0.15, 0.2) is 0 Å². The summed E-state index contributed by atoms with van der Waals surface area (Å²) in [5.41, 5.74) is 1.65. The third-order valence-electron chi connectivity index (χ3n) is 1.78. The number of methoxy groups -OCH3 is 1. The van der Waals surface area contributed by atoms with Crippen molar-refractivity contribution >= 4 is 28.0 Å². The molecule has 0 aliphatic heterocycles. The van der Waals surface area contributed by atoms with E-state index in [2.05, 4.69) is 21.2 Å². The Bertz CT molecular complexity index is 326. The lowest BCUT2D eigenvalue weighted by Gasteiger charge is -2.11. The van der Waals surface area contributed by atoms with E-state index < -0.39 is 0 Å². The van der Waals surface area contributed by atoms with Crippen molar-refractivity contribution < 1.29 is 9.53 Å². The van der Waals surface area contributed by atoms with E-state index >= 15 is 0 Å². The number of nitrogens with one attached hydrogen (secondary N) is 1. The molecule has 1 rings (SSSR count). The van der Waals surface area contributed by atoms with Gasteiger partial charge in [-0.05, 0) is 24.6 Å². The van der Waals surface area contributed by atoms with Gasteiger partial charge in [0.05, 0.1) is 12.8 Å². The van der Waals surface area contributed by atoms with Crippen LogP contribution in [-0.2, 0) is 4.79 Å². The van der Waals surface area contributed by atoms with Gasteiger partial charge in [0, 0.05) is 4.47 Å². The van der Waals surface area contributed by atoms with Crippen LogP contribution in [0.1, 0.15) is 5.56 Å². The first kappa shape index (κ1) is 10.1. The zero-order valence-corrected chi connectivity index (χ0v) is 9.01. The normalized spacial score (nSPS) is 9.46. The van der Waals surface area contributed by atoms with E-state index in [0.717, 1.165) is 10.0 Å². The number of carbonyl (C=O) groups excluding carboxylic acids is 1. The Hall–Kier alpha value is -1.03. The largest absolute Gasteiger partial charge is 0.495 e. The van der Waals surface area contributed by atoms with Crippen LogP contribution >= 0.6 is 15.9 Å². The SMILES string of the molecule is COc1ccc(Br)c(C)c1NC=O. The minimum absolute atomic E-state index is 0.636. The van der Waals surface area contributed by atoms with Crippen LogP contribution in [0.15, 0.2) is 16.6 Å². The van der Waals surface area contributed by atoms with E-state index in [9.17, 15) is 4.79 Å². The van der Waals surface area contributed by atoms with Gasteiger partial charge in [-0.3, -0.25) is 4.79 Å². The maximum Gasteiger partial charge on any atom is 0.211 e. The molecule has 1 amide bonds. The number of halogens is 1. The number of anilines is 1. The van der Waals surface area contributed by atoms with Crippen molar-refractivity contribution in [2.45, 2.75) is 6.92 Å². The van der Waals surface area contributed by atoms with Gasteiger partial charge in [-0.15, -0.1) is 0 Å². The van der Waals surface area contributed by atoms with Crippen LogP contribution in [0, 0.1) is 6.92 Å². The predicted molar refractivity (Wildman–Crippen MR) is 55.1 cm³/mol. The van der Waals surface area contributed by atoms with Crippen LogP contribution in [0.3, 0.4) is 0 Å². The molecular weight excluding hydrogens is 234 g/mol. The summed E-state index contributed by atoms with van der Waals surface area (Å²) >= 11 is 3.37. The summed E-state index contributed by atoms with van der Waals surface area (Å²) in [5, 5.41) is 2.60. The molecule has 0 aliphatic carbocycles. The Labute approximate surface area is 85.2 Å². The fraction of sp³-hybridized carbons (Fsp3) is 0.222. The summed E-state index contributed by atoms with van der Waals surface area (Å²) in [5.74, 6) is 0.660. The smallest absolute Gasteiger partial charge is 0.211 e. The molecule has 0 atom stereocenters. The fourth-order valence-corrected chi connectivity index (χ4v) is 1.40. The highest BCUT2D eigenvalue weighted by molar-refractivity contribution is 9.10. The number of rotatable bonds is 3. The van der Waals surface area contributed by atoms with Crippen molar-refractivity contribution in [2.24, 2.45) is 0 Å². The molecule has 0 aromatic heterocycles. The van der Waals surface area contributed by atoms with Gasteiger partial charge in [-0.25, -0.2) is 0 Å². The molecule has 0 spiro atoms. The van der Waals surface area contributed by atoms with Gasteiger partial charge in [-0.2, -0.15) is 0 Å². The van der Waals surface area contributed by atoms with Crippen LogP contribution in [0.4, 0.5) is 5.69 Å². The Morgan fingerprint density at radius 1 is 1.54 bits per heavy atom. The standard InChI is InChI=1S/C9H10BrNO2/c1-6-7(10)3-4-8(13-2)9(6)11-5-12/h3-5H,1-2H3,(H,11,12). The highest BCUT2D eigenvalue weighted by Gasteiger charge is 2.07. The Morgan fingerprint density at radius 3 is 2.77 bits per heavy atom. The van der Waals surface area contributed by atoms with E-state index in [1.54, 1.807) is 13.2 Å². The molecule has 0 unspecified atom stereocenters. The number of amides is 1. The number of carbonyl (C=O) groups is 1. The summed E-state index contributed by atoms with van der Waals surface area (Å²) in [7, 11) is 1.57. The molecule has 0 radical (unpaired) electrons. The maximum atomic E-state index is 10.3. The highest BCUT2D eigenvalue weighted by Crippen LogP contribution is 2.32. The van der Waals surface area contributed by atoms with Gasteiger partial charge in [0.2, 0.25) is 6.41 Å². The summed E-state index contributed by atoms with van der Waals surface area (Å²) in [4.78, 5) is 10.3. The van der Waals surface area contributed by atoms with Crippen molar-refractivity contribution in [1.29, 1.82) is 0 Å². The van der Waals surface area contributed by atoms with E-state index in [1.165, 1.54) is 0 Å². The van der Waals surface area contributed by atoms with Gasteiger partial charge in [0.25, 0.3) is 0 Å². The molecule has 0 saturated heterocycles. The summed E-state index contributed by atoms with van der Waals surface area (Å²) in [6, 6.07) is 3.67. The van der Waals surface area contributed by atoms with E-state index in [0.29, 0.717) is 17.8 Å². The van der Waals surface area contributed by atoms with Crippen molar-refractivity contribution in [1.82, 2.24) is 0 Å². The second-order valence-corrected chi connectivity index (χ2v) is 3.37. The Morgan fingerprint density at radius 2 is 2.23 bits per heavy atom. The first-order chi connectivity index (χ1) is 6.20. The molecule has 1 N–H and O–H groups in total. The van der Waals surface area contributed by atoms with E-state index in [-0.39, 0.29) is 0 Å². The molecule has 4 heteroatoms. The molecule has 1 aromatic carbocycles. The molecule has 0 saturated carbocycles. The topological polar surface area (TPSA) is 38.3 Å². The number of hydrogen-bond donors (Lipinski definition) is 1. The molecule has 0 heterocycles. The molecule has 3 nitrogen and oxygen atoms in total. The van der Waals surface area contributed by atoms with Crippen molar-refractivity contribution in [3.05, 3.63) is 22.2 Å². The first-order valence-corrected chi connectivity index (χ1v) is 4.53. The van der Waals surface area contributed by atoms with Crippen LogP contribution in [-0.4, -0.2) is 13.5 Å². The van der Waals surface area contributed by atoms with Gasteiger partial charge < -0.3 is 10.1 Å². The van der Waals surface area contributed by atoms with E-state index in [1.807, 2.05) is 13.0 Å². The Balaban J connectivity index is 3.23. The zero-order valence-electron chi connectivity index (χ0n) is 7.43. The lowest BCUT2D eigenvalue weighted by atomic mass is 10.2. The molecular formula is C9H10BrNO2. The van der Waals surface area contributed by atoms with Crippen LogP contribution in [0.2, 0.25) is 0 Å². The number of ether oxygens (including phenoxy) is 1. The molecule has 0 fully saturated rings. The minimum atomic E-state index is 0.636. The lowest BCUT2D eigenvalue weighted by molar-refractivity contribution is -0.105. The van der Waals surface area contributed by atoms with Crippen LogP contribution < -0.4 is 10.1 Å². The third-order valence-corrected chi connectivity index (χ3v) is 2.64. The third kappa shape index (κ3) is 2.01. The average molecular weight is 244 g/mol. The van der Waals surface area contributed by atoms with Crippen molar-refractivity contribution in [2.75, 3.05) is 12.4 Å². The molecule has 13 heavy (non-hydrogen) atoms. The van der Waals surface area contributed by atoms with E-state index in [4.69, 9.17) is 4.74 Å². The number of benzene rings is 1. The van der Waals surface area contributed by atoms with Gasteiger partial charge in [-0.1, -0.05) is 15.9 Å². The second-order valence-electron chi connectivity index (χ2n) is 2.51. The average Bonchev–Trinajstić information content (AvgIpc) is 2.14. The van der Waals surface area contributed by atoms with Crippen molar-refractivity contribution in [3.63, 3.8) is 0 Å². The van der Waals surface area contributed by atoms with Crippen molar-refractivity contribution in [3.8, 4) is 5.75 Å². The molecule has 0 bridgehead atoms. The monoisotopic (exact) mass is 243 g/mol. The quantitative estimate of drug-likeness (QED) is 0.828. The molecule has 70 valence electrons. The van der Waals surface area contributed by atoms with Gasteiger partial charge >= 0.3 is 0 Å². The van der Waals surface area contributed by atoms with Gasteiger partial charge in [0.1, 0.15) is 5.75 Å². The zero-order chi connectivity index (χ0) is 9.84. The minimum Gasteiger partial charge on any atom is -0.495 e. The Kier molecular flexibility index (Phi) is 3.31. The maximum absolute atomic E-state index is 10.3. The number of hydrogen-bond acceptors (Lipinski definition) is 2. The highest BCUT2D eigenvalue weighted by atomic mass is 79.9. The summed E-state index contributed by atoms with van der Waals surface area (Å²) in [6.45, 7) is 1.90. The second kappa shape index (κ2) is 4.28. The molecule has 1 aromatic rings. The molecule has 0 aliphatic rings. The first-order valence-electron chi connectivity index (χ1n) is 3.74. The predicted octanol–water partition coefficient (Wildman–Crippen LogP) is 2.33. The van der Waals surface area contributed by atoms with Crippen LogP contribution in [0.5, 0.6) is 5.75 Å². The summed E-state index contributed by atoms with van der Waals surface area (Å²) in [6.07, 6.45) is 0.636.